The molecule has 0 unspecified atom stereocenters. The van der Waals surface area contributed by atoms with Gasteiger partial charge in [0.15, 0.2) is 5.11 Å². The van der Waals surface area contributed by atoms with Gasteiger partial charge in [-0.15, -0.1) is 0 Å². The summed E-state index contributed by atoms with van der Waals surface area (Å²) in [5.74, 6) is -0.347. The van der Waals surface area contributed by atoms with Crippen LogP contribution in [-0.4, -0.2) is 11.0 Å². The van der Waals surface area contributed by atoms with Crippen LogP contribution in [0.15, 0.2) is 78.9 Å². The van der Waals surface area contributed by atoms with Crippen molar-refractivity contribution in [2.45, 2.75) is 0 Å². The van der Waals surface area contributed by atoms with Gasteiger partial charge >= 0.3 is 0 Å². The Morgan fingerprint density at radius 1 is 0.840 bits per heavy atom. The Bertz CT molecular complexity index is 912. The van der Waals surface area contributed by atoms with Gasteiger partial charge in [0.1, 0.15) is 0 Å². The van der Waals surface area contributed by atoms with Crippen molar-refractivity contribution in [2.75, 3.05) is 5.32 Å². The molecule has 0 saturated carbocycles. The summed E-state index contributed by atoms with van der Waals surface area (Å²) >= 11 is 11.3. The highest BCUT2D eigenvalue weighted by Gasteiger charge is 2.12. The molecule has 0 atom stereocenters. The van der Waals surface area contributed by atoms with Crippen LogP contribution in [0.2, 0.25) is 5.02 Å². The molecule has 3 aromatic carbocycles. The first-order chi connectivity index (χ1) is 12.1. The van der Waals surface area contributed by atoms with Crippen molar-refractivity contribution in [3.05, 3.63) is 89.4 Å². The average Bonchev–Trinajstić information content (AvgIpc) is 2.63. The number of halogens is 1. The number of para-hydroxylation sites is 1. The second-order valence-electron chi connectivity index (χ2n) is 5.30. The summed E-state index contributed by atoms with van der Waals surface area (Å²) in [5, 5.41) is 6.34. The van der Waals surface area contributed by atoms with Crippen LogP contribution in [0.4, 0.5) is 5.69 Å². The number of thiocarbonyl (C=S) groups is 1. The predicted octanol–water partition coefficient (Wildman–Crippen LogP) is 5.13. The van der Waals surface area contributed by atoms with Crippen LogP contribution in [0, 0.1) is 0 Å². The molecule has 3 nitrogen and oxygen atoms in total. The summed E-state index contributed by atoms with van der Waals surface area (Å²) in [6.45, 7) is 0. The zero-order valence-electron chi connectivity index (χ0n) is 13.2. The average molecular weight is 367 g/mol. The number of hydrogen-bond acceptors (Lipinski definition) is 2. The van der Waals surface area contributed by atoms with E-state index < -0.39 is 0 Å². The van der Waals surface area contributed by atoms with Gasteiger partial charge in [0, 0.05) is 11.3 Å². The fourth-order valence-corrected chi connectivity index (χ4v) is 2.86. The van der Waals surface area contributed by atoms with Crippen molar-refractivity contribution < 1.29 is 4.79 Å². The van der Waals surface area contributed by atoms with Crippen molar-refractivity contribution in [3.63, 3.8) is 0 Å². The van der Waals surface area contributed by atoms with Crippen molar-refractivity contribution in [1.29, 1.82) is 0 Å². The summed E-state index contributed by atoms with van der Waals surface area (Å²) in [4.78, 5) is 12.3. The van der Waals surface area contributed by atoms with Gasteiger partial charge in [0.25, 0.3) is 5.91 Å². The Morgan fingerprint density at radius 3 is 2.24 bits per heavy atom. The first kappa shape index (κ1) is 17.1. The SMILES string of the molecule is O=C(NC(=S)Nc1ccccc1-c1ccccc1)c1ccccc1Cl. The van der Waals surface area contributed by atoms with E-state index in [0.29, 0.717) is 10.6 Å². The Morgan fingerprint density at radius 2 is 1.48 bits per heavy atom. The van der Waals surface area contributed by atoms with Crippen molar-refractivity contribution in [3.8, 4) is 11.1 Å². The Hall–Kier alpha value is -2.69. The number of carbonyl (C=O) groups is 1. The minimum atomic E-state index is -0.347. The van der Waals surface area contributed by atoms with Crippen LogP contribution < -0.4 is 10.6 Å². The van der Waals surface area contributed by atoms with Gasteiger partial charge in [0.05, 0.1) is 10.6 Å². The topological polar surface area (TPSA) is 41.1 Å². The molecule has 0 spiro atoms. The Kier molecular flexibility index (Phi) is 5.43. The second-order valence-corrected chi connectivity index (χ2v) is 6.12. The van der Waals surface area contributed by atoms with E-state index in [0.717, 1.165) is 16.8 Å². The van der Waals surface area contributed by atoms with Crippen LogP contribution in [0.25, 0.3) is 11.1 Å². The van der Waals surface area contributed by atoms with Gasteiger partial charge < -0.3 is 5.32 Å². The molecule has 0 fully saturated rings. The largest absolute Gasteiger partial charge is 0.332 e. The molecule has 0 aromatic heterocycles. The van der Waals surface area contributed by atoms with Crippen LogP contribution in [0.5, 0.6) is 0 Å². The number of benzene rings is 3. The minimum absolute atomic E-state index is 0.216. The maximum atomic E-state index is 12.3. The van der Waals surface area contributed by atoms with Gasteiger partial charge in [-0.25, -0.2) is 0 Å². The molecule has 124 valence electrons. The first-order valence-corrected chi connectivity index (χ1v) is 8.45. The van der Waals surface area contributed by atoms with E-state index in [1.807, 2.05) is 54.6 Å². The number of nitrogens with one attached hydrogen (secondary N) is 2. The molecule has 0 aliphatic rings. The summed E-state index contributed by atoms with van der Waals surface area (Å²) in [5.41, 5.74) is 3.26. The van der Waals surface area contributed by atoms with E-state index >= 15 is 0 Å². The monoisotopic (exact) mass is 366 g/mol. The molecular formula is C20H15ClN2OS. The number of hydrogen-bond donors (Lipinski definition) is 2. The summed E-state index contributed by atoms with van der Waals surface area (Å²) in [6.07, 6.45) is 0. The molecule has 0 bridgehead atoms. The highest BCUT2D eigenvalue weighted by atomic mass is 35.5. The Labute approximate surface area is 156 Å². The second kappa shape index (κ2) is 7.92. The molecule has 2 N–H and O–H groups in total. The third kappa shape index (κ3) is 4.24. The third-order valence-corrected chi connectivity index (χ3v) is 4.14. The maximum Gasteiger partial charge on any atom is 0.258 e. The lowest BCUT2D eigenvalue weighted by Gasteiger charge is -2.14. The highest BCUT2D eigenvalue weighted by molar-refractivity contribution is 7.80. The summed E-state index contributed by atoms with van der Waals surface area (Å²) in [7, 11) is 0. The van der Waals surface area contributed by atoms with E-state index in [1.165, 1.54) is 0 Å². The van der Waals surface area contributed by atoms with Crippen molar-refractivity contribution in [2.24, 2.45) is 0 Å². The smallest absolute Gasteiger partial charge is 0.258 e. The lowest BCUT2D eigenvalue weighted by molar-refractivity contribution is 0.0978. The molecule has 0 saturated heterocycles. The molecule has 0 heterocycles. The van der Waals surface area contributed by atoms with Gasteiger partial charge in [0.2, 0.25) is 0 Å². The van der Waals surface area contributed by atoms with Crippen LogP contribution in [-0.2, 0) is 0 Å². The number of amides is 1. The van der Waals surface area contributed by atoms with Gasteiger partial charge in [-0.05, 0) is 36.0 Å². The molecule has 5 heteroatoms. The van der Waals surface area contributed by atoms with Crippen LogP contribution in [0.3, 0.4) is 0 Å². The van der Waals surface area contributed by atoms with Gasteiger partial charge in [-0.1, -0.05) is 72.3 Å². The van der Waals surface area contributed by atoms with E-state index in [2.05, 4.69) is 10.6 Å². The molecule has 0 aliphatic heterocycles. The van der Waals surface area contributed by atoms with Gasteiger partial charge in [-0.3, -0.25) is 10.1 Å². The fourth-order valence-electron chi connectivity index (χ4n) is 2.43. The van der Waals surface area contributed by atoms with Crippen molar-refractivity contribution in [1.82, 2.24) is 5.32 Å². The Balaban J connectivity index is 1.76. The fraction of sp³-hybridized carbons (Fsp3) is 0. The first-order valence-electron chi connectivity index (χ1n) is 7.66. The molecule has 1 amide bonds. The van der Waals surface area contributed by atoms with E-state index in [4.69, 9.17) is 23.8 Å². The highest BCUT2D eigenvalue weighted by Crippen LogP contribution is 2.27. The van der Waals surface area contributed by atoms with E-state index in [-0.39, 0.29) is 11.0 Å². The zero-order valence-corrected chi connectivity index (χ0v) is 14.8. The summed E-state index contributed by atoms with van der Waals surface area (Å²) in [6, 6.07) is 24.6. The lowest BCUT2D eigenvalue weighted by atomic mass is 10.0. The molecule has 25 heavy (non-hydrogen) atoms. The normalized spacial score (nSPS) is 10.1. The van der Waals surface area contributed by atoms with Crippen LogP contribution >= 0.6 is 23.8 Å². The van der Waals surface area contributed by atoms with E-state index in [9.17, 15) is 4.79 Å². The van der Waals surface area contributed by atoms with Crippen molar-refractivity contribution >= 4 is 40.5 Å². The van der Waals surface area contributed by atoms with E-state index in [1.54, 1.807) is 24.3 Å². The molecule has 0 radical (unpaired) electrons. The van der Waals surface area contributed by atoms with Gasteiger partial charge in [-0.2, -0.15) is 0 Å². The molecular weight excluding hydrogens is 352 g/mol. The van der Waals surface area contributed by atoms with Crippen LogP contribution in [0.1, 0.15) is 10.4 Å². The standard InChI is InChI=1S/C20H15ClN2OS/c21-17-12-6-4-11-16(17)19(24)23-20(25)22-18-13-7-5-10-15(18)14-8-2-1-3-9-14/h1-13H,(H2,22,23,24,25). The minimum Gasteiger partial charge on any atom is -0.332 e. The molecule has 3 rings (SSSR count). The maximum absolute atomic E-state index is 12.3. The third-order valence-electron chi connectivity index (χ3n) is 3.61. The predicted molar refractivity (Wildman–Crippen MR) is 107 cm³/mol. The lowest BCUT2D eigenvalue weighted by Crippen LogP contribution is -2.34. The quantitative estimate of drug-likeness (QED) is 0.631. The zero-order chi connectivity index (χ0) is 17.6. The number of anilines is 1. The number of rotatable bonds is 3. The number of carbonyl (C=O) groups excluding carboxylic acids is 1. The molecule has 0 aliphatic carbocycles. The summed E-state index contributed by atoms with van der Waals surface area (Å²) < 4.78 is 0. The molecule has 3 aromatic rings.